The van der Waals surface area contributed by atoms with Crippen LogP contribution in [0.2, 0.25) is 10.0 Å². The summed E-state index contributed by atoms with van der Waals surface area (Å²) in [7, 11) is 0. The number of phenols is 1. The number of pyridine rings is 1. The van der Waals surface area contributed by atoms with Crippen molar-refractivity contribution in [3.63, 3.8) is 0 Å². The van der Waals surface area contributed by atoms with E-state index in [9.17, 15) is 27.9 Å². The number of rotatable bonds is 8. The smallest absolute Gasteiger partial charge is 0.417 e. The molecule has 9 rings (SSSR count). The number of nitrogens with one attached hydrogen (secondary N) is 1. The topological polar surface area (TPSA) is 129 Å². The van der Waals surface area contributed by atoms with Crippen molar-refractivity contribution in [3.8, 4) is 11.5 Å². The zero-order chi connectivity index (χ0) is 43.0. The number of hydrogen-bond donors (Lipinski definition) is 2. The lowest BCUT2D eigenvalue weighted by molar-refractivity contribution is -0.139. The van der Waals surface area contributed by atoms with E-state index in [4.69, 9.17) is 27.9 Å². The first-order valence-electron chi connectivity index (χ1n) is 19.1. The highest BCUT2D eigenvalue weighted by Gasteiger charge is 2.70. The van der Waals surface area contributed by atoms with E-state index in [2.05, 4.69) is 33.0 Å². The number of halogens is 6. The summed E-state index contributed by atoms with van der Waals surface area (Å²) >= 11 is 14.8. The van der Waals surface area contributed by atoms with Crippen LogP contribution < -0.4 is 15.1 Å². The second-order valence-electron chi connectivity index (χ2n) is 15.4. The zero-order valence-corrected chi connectivity index (χ0v) is 35.2. The van der Waals surface area contributed by atoms with Gasteiger partial charge in [0.25, 0.3) is 11.8 Å². The molecule has 10 nitrogen and oxygen atoms in total. The van der Waals surface area contributed by atoms with E-state index < -0.39 is 69.5 Å². The molecule has 4 amide bonds. The average molecular weight is 980 g/mol. The van der Waals surface area contributed by atoms with Crippen molar-refractivity contribution in [1.29, 1.82) is 0 Å². The Morgan fingerprint density at radius 3 is 2.28 bits per heavy atom. The molecule has 5 aromatic rings. The average Bonchev–Trinajstić information content (AvgIpc) is 3.62. The van der Waals surface area contributed by atoms with Crippen LogP contribution in [0, 0.1) is 27.2 Å². The van der Waals surface area contributed by atoms with Crippen molar-refractivity contribution in [2.24, 2.45) is 23.7 Å². The van der Waals surface area contributed by atoms with Crippen LogP contribution in [0.4, 0.5) is 24.7 Å². The number of hydrogen-bond acceptors (Lipinski definition) is 8. The van der Waals surface area contributed by atoms with E-state index in [1.165, 1.54) is 11.0 Å². The van der Waals surface area contributed by atoms with E-state index in [1.807, 2.05) is 36.4 Å². The van der Waals surface area contributed by atoms with Gasteiger partial charge < -0.3 is 9.84 Å². The Morgan fingerprint density at radius 1 is 0.885 bits per heavy atom. The van der Waals surface area contributed by atoms with Gasteiger partial charge in [-0.2, -0.15) is 18.2 Å². The van der Waals surface area contributed by atoms with Crippen LogP contribution >= 0.6 is 45.8 Å². The minimum atomic E-state index is -4.77. The summed E-state index contributed by atoms with van der Waals surface area (Å²) in [6.45, 7) is 0.192. The van der Waals surface area contributed by atoms with E-state index in [1.54, 1.807) is 60.7 Å². The Bertz CT molecular complexity index is 2650. The molecule has 3 fully saturated rings. The van der Waals surface area contributed by atoms with Crippen LogP contribution in [0.25, 0.3) is 0 Å². The largest absolute Gasteiger partial charge is 0.508 e. The van der Waals surface area contributed by atoms with Gasteiger partial charge in [-0.3, -0.25) is 29.5 Å². The number of hydrazine groups is 1. The number of imide groups is 2. The number of carbonyl (C=O) groups is 4. The molecule has 6 atom stereocenters. The van der Waals surface area contributed by atoms with E-state index in [0.717, 1.165) is 9.13 Å². The quantitative estimate of drug-likeness (QED) is 0.0895. The van der Waals surface area contributed by atoms with Gasteiger partial charge in [-0.25, -0.2) is 4.98 Å². The first-order valence-corrected chi connectivity index (χ1v) is 21.0. The number of alkyl halides is 3. The third kappa shape index (κ3) is 6.83. The Kier molecular flexibility index (Phi) is 10.4. The number of anilines is 2. The van der Waals surface area contributed by atoms with Crippen molar-refractivity contribution in [2.45, 2.75) is 37.0 Å². The lowest BCUT2D eigenvalue weighted by Crippen LogP contribution is -2.53. The third-order valence-electron chi connectivity index (χ3n) is 12.2. The molecular formula is C45H32Cl2F3IN4O6. The summed E-state index contributed by atoms with van der Waals surface area (Å²) in [5.74, 6) is -7.62. The van der Waals surface area contributed by atoms with Crippen LogP contribution in [-0.2, 0) is 37.4 Å². The predicted molar refractivity (Wildman–Crippen MR) is 227 cm³/mol. The standard InChI is InChI=1S/C45H32Cl2F3IN4O6/c46-26-8-6-24(7-9-26)44-34(41(58)55(43(44)60)53-39-35(47)18-25(21-52-39)45(48,49)50)20-33-30(16-17-32-37(33)42(59)54(40(32)57)28-12-10-27(51)11-13-28)38(44)31-15-14-29(19-36(31)56)61-22-23-4-2-1-3-5-23/h1-16,18-19,21,32-34,37-38,56H,17,20,22H2,(H,52,53). The van der Waals surface area contributed by atoms with Gasteiger partial charge in [-0.1, -0.05) is 83.4 Å². The minimum Gasteiger partial charge on any atom is -0.508 e. The number of allylic oxidation sites excluding steroid dienone is 2. The second-order valence-corrected chi connectivity index (χ2v) is 17.5. The van der Waals surface area contributed by atoms with Gasteiger partial charge in [-0.15, -0.1) is 0 Å². The van der Waals surface area contributed by atoms with Crippen LogP contribution in [0.3, 0.4) is 0 Å². The van der Waals surface area contributed by atoms with Gasteiger partial charge in [-0.05, 0) is 101 Å². The second kappa shape index (κ2) is 15.5. The summed E-state index contributed by atoms with van der Waals surface area (Å²) < 4.78 is 47.7. The highest BCUT2D eigenvalue weighted by atomic mass is 127. The molecule has 1 aromatic heterocycles. The number of fused-ring (bicyclic) bond motifs is 4. The molecule has 2 aliphatic heterocycles. The Balaban J connectivity index is 1.20. The van der Waals surface area contributed by atoms with E-state index in [0.29, 0.717) is 44.9 Å². The number of nitrogens with zero attached hydrogens (tertiary/aromatic N) is 3. The Morgan fingerprint density at radius 2 is 1.61 bits per heavy atom. The van der Waals surface area contributed by atoms with Crippen LogP contribution in [0.5, 0.6) is 11.5 Å². The molecule has 4 aromatic carbocycles. The summed E-state index contributed by atoms with van der Waals surface area (Å²) in [6, 6.07) is 28.0. The van der Waals surface area contributed by atoms with Gasteiger partial charge in [0.05, 0.1) is 39.4 Å². The SMILES string of the molecule is O=C1C2CC3C(=CCC4C(=O)N(c5ccc(I)cc5)C(=O)C43)C(c3ccc(OCc4ccccc4)cc3O)C2(c2ccc(Cl)cc2)C(=O)N1Nc1ncc(C(F)(F)F)cc1Cl. The fourth-order valence-electron chi connectivity index (χ4n) is 9.57. The normalized spacial score (nSPS) is 24.6. The summed E-state index contributed by atoms with van der Waals surface area (Å²) in [4.78, 5) is 64.3. The first-order chi connectivity index (χ1) is 29.2. The highest BCUT2D eigenvalue weighted by Crippen LogP contribution is 2.65. The molecule has 4 aliphatic rings. The molecule has 2 saturated heterocycles. The maximum absolute atomic E-state index is 15.5. The van der Waals surface area contributed by atoms with Crippen molar-refractivity contribution >= 4 is 80.9 Å². The van der Waals surface area contributed by atoms with Crippen molar-refractivity contribution in [2.75, 3.05) is 10.3 Å². The van der Waals surface area contributed by atoms with E-state index in [-0.39, 0.29) is 42.5 Å². The minimum absolute atomic E-state index is 0.0817. The highest BCUT2D eigenvalue weighted by molar-refractivity contribution is 14.1. The lowest BCUT2D eigenvalue weighted by Gasteiger charge is -2.50. The molecule has 0 bridgehead atoms. The monoisotopic (exact) mass is 978 g/mol. The Labute approximate surface area is 370 Å². The number of ether oxygens (including phenoxy) is 1. The number of amides is 4. The molecule has 16 heteroatoms. The molecule has 0 radical (unpaired) electrons. The van der Waals surface area contributed by atoms with Gasteiger partial charge in [0.15, 0.2) is 5.82 Å². The fourth-order valence-corrected chi connectivity index (χ4v) is 10.3. The molecular weight excluding hydrogens is 947 g/mol. The maximum atomic E-state index is 15.5. The molecule has 0 spiro atoms. The molecule has 2 N–H and O–H groups in total. The summed E-state index contributed by atoms with van der Waals surface area (Å²) in [6.07, 6.45) is -2.34. The summed E-state index contributed by atoms with van der Waals surface area (Å²) in [5, 5.41) is 12.6. The van der Waals surface area contributed by atoms with Crippen LogP contribution in [0.15, 0.2) is 121 Å². The molecule has 3 heterocycles. The first kappa shape index (κ1) is 40.9. The molecule has 310 valence electrons. The van der Waals surface area contributed by atoms with Crippen molar-refractivity contribution in [1.82, 2.24) is 9.99 Å². The van der Waals surface area contributed by atoms with Crippen molar-refractivity contribution in [3.05, 3.63) is 157 Å². The van der Waals surface area contributed by atoms with Gasteiger partial charge in [0.2, 0.25) is 11.8 Å². The number of aromatic nitrogens is 1. The number of carbonyl (C=O) groups excluding carboxylic acids is 4. The molecule has 61 heavy (non-hydrogen) atoms. The maximum Gasteiger partial charge on any atom is 0.417 e. The lowest BCUT2D eigenvalue weighted by atomic mass is 9.49. The zero-order valence-electron chi connectivity index (χ0n) is 31.6. The number of phenolic OH excluding ortho intramolecular Hbond substituents is 1. The fraction of sp³-hybridized carbons (Fsp3) is 0.222. The Hall–Kier alpha value is -5.45. The number of benzene rings is 4. The van der Waals surface area contributed by atoms with E-state index >= 15 is 9.59 Å². The van der Waals surface area contributed by atoms with Crippen LogP contribution in [-0.4, -0.2) is 38.7 Å². The van der Waals surface area contributed by atoms with Gasteiger partial charge in [0.1, 0.15) is 18.1 Å². The third-order valence-corrected chi connectivity index (χ3v) is 13.5. The van der Waals surface area contributed by atoms with Crippen molar-refractivity contribution < 1.29 is 42.2 Å². The molecule has 1 saturated carbocycles. The number of aromatic hydroxyl groups is 1. The summed E-state index contributed by atoms with van der Waals surface area (Å²) in [5.41, 5.74) is 2.08. The molecule has 2 aliphatic carbocycles. The van der Waals surface area contributed by atoms with Crippen LogP contribution in [0.1, 0.15) is 41.0 Å². The predicted octanol–water partition coefficient (Wildman–Crippen LogP) is 9.49. The molecule has 6 unspecified atom stereocenters. The van der Waals surface area contributed by atoms with Gasteiger partial charge >= 0.3 is 6.18 Å². The van der Waals surface area contributed by atoms with Gasteiger partial charge in [0, 0.05) is 32.3 Å².